The predicted octanol–water partition coefficient (Wildman–Crippen LogP) is 7.58. The molecule has 38 heavy (non-hydrogen) atoms. The number of rotatable bonds is 9. The van der Waals surface area contributed by atoms with Crippen LogP contribution in [0.2, 0.25) is 10.0 Å². The van der Waals surface area contributed by atoms with E-state index in [4.69, 9.17) is 32.7 Å². The molecule has 1 saturated heterocycles. The molecule has 0 aromatic heterocycles. The number of benzene rings is 3. The van der Waals surface area contributed by atoms with Crippen LogP contribution in [0.4, 0.5) is 0 Å². The van der Waals surface area contributed by atoms with E-state index in [0.29, 0.717) is 29.3 Å². The van der Waals surface area contributed by atoms with Crippen molar-refractivity contribution in [2.24, 2.45) is 0 Å². The van der Waals surface area contributed by atoms with Crippen molar-refractivity contribution in [2.75, 3.05) is 6.61 Å². The van der Waals surface area contributed by atoms with Crippen LogP contribution in [0.3, 0.4) is 0 Å². The monoisotopic (exact) mass is 665 g/mol. The highest BCUT2D eigenvalue weighted by molar-refractivity contribution is 14.1. The lowest BCUT2D eigenvalue weighted by Gasteiger charge is -2.47. The SMILES string of the molecule is CCC[C@@H](C(=O)OCC)N1C(=O)[C@@H](Cc2ccc(I)cc2)O[C@H](c2ccc(Cl)cc2)[C@@H]1c1ccc(Cl)cc1. The molecule has 0 spiro atoms. The van der Waals surface area contributed by atoms with E-state index in [-0.39, 0.29) is 12.5 Å². The molecule has 1 aliphatic rings. The number of carbonyl (C=O) groups is 2. The van der Waals surface area contributed by atoms with Gasteiger partial charge in [-0.25, -0.2) is 4.79 Å². The highest BCUT2D eigenvalue weighted by Crippen LogP contribution is 2.44. The lowest BCUT2D eigenvalue weighted by atomic mass is 9.88. The fourth-order valence-corrected chi connectivity index (χ4v) is 5.48. The molecule has 0 radical (unpaired) electrons. The smallest absolute Gasteiger partial charge is 0.328 e. The number of hydrogen-bond acceptors (Lipinski definition) is 4. The Balaban J connectivity index is 1.85. The van der Waals surface area contributed by atoms with Gasteiger partial charge in [-0.05, 0) is 89.0 Å². The standard InChI is InChI=1S/C30H30Cl2INO4/c1-3-5-25(30(36)37-4-2)34-27(20-8-12-22(31)13-9-20)28(21-10-14-23(32)15-11-21)38-26(29(34)35)18-19-6-16-24(33)17-7-19/h6-17,25-28H,3-5,18H2,1-2H3/t25-,26+,27-,28+/m0/s1. The first-order valence-electron chi connectivity index (χ1n) is 12.7. The zero-order valence-corrected chi connectivity index (χ0v) is 24.9. The van der Waals surface area contributed by atoms with Gasteiger partial charge in [0, 0.05) is 20.0 Å². The van der Waals surface area contributed by atoms with Crippen LogP contribution in [0, 0.1) is 3.57 Å². The molecule has 0 bridgehead atoms. The Morgan fingerprint density at radius 1 is 0.947 bits per heavy atom. The first-order chi connectivity index (χ1) is 18.3. The van der Waals surface area contributed by atoms with Gasteiger partial charge in [-0.2, -0.15) is 0 Å². The third-order valence-electron chi connectivity index (χ3n) is 6.63. The van der Waals surface area contributed by atoms with Crippen molar-refractivity contribution in [2.45, 2.75) is 57.4 Å². The first-order valence-corrected chi connectivity index (χ1v) is 14.6. The van der Waals surface area contributed by atoms with E-state index in [1.807, 2.05) is 67.6 Å². The Morgan fingerprint density at radius 3 is 2.08 bits per heavy atom. The summed E-state index contributed by atoms with van der Waals surface area (Å²) < 4.78 is 13.2. The van der Waals surface area contributed by atoms with E-state index in [1.165, 1.54) is 0 Å². The molecule has 1 fully saturated rings. The normalized spacial score (nSPS) is 20.3. The third kappa shape index (κ3) is 6.71. The summed E-state index contributed by atoms with van der Waals surface area (Å²) in [6, 6.07) is 21.5. The molecule has 5 nitrogen and oxygen atoms in total. The second-order valence-corrected chi connectivity index (χ2v) is 11.3. The number of halogens is 3. The van der Waals surface area contributed by atoms with E-state index in [2.05, 4.69) is 22.6 Å². The number of esters is 1. The van der Waals surface area contributed by atoms with Gasteiger partial charge in [-0.1, -0.05) is 72.9 Å². The minimum Gasteiger partial charge on any atom is -0.464 e. The van der Waals surface area contributed by atoms with E-state index >= 15 is 0 Å². The molecule has 1 aliphatic heterocycles. The third-order valence-corrected chi connectivity index (χ3v) is 7.85. The number of ether oxygens (including phenoxy) is 2. The maximum absolute atomic E-state index is 14.2. The summed E-state index contributed by atoms with van der Waals surface area (Å²) in [5.41, 5.74) is 2.66. The van der Waals surface area contributed by atoms with Crippen molar-refractivity contribution < 1.29 is 19.1 Å². The molecular weight excluding hydrogens is 636 g/mol. The van der Waals surface area contributed by atoms with Gasteiger partial charge in [-0.3, -0.25) is 4.79 Å². The van der Waals surface area contributed by atoms with E-state index in [9.17, 15) is 9.59 Å². The quantitative estimate of drug-likeness (QED) is 0.175. The zero-order valence-electron chi connectivity index (χ0n) is 21.3. The molecule has 0 N–H and O–H groups in total. The van der Waals surface area contributed by atoms with Crippen LogP contribution >= 0.6 is 45.8 Å². The Bertz CT molecular complexity index is 1230. The average Bonchev–Trinajstić information content (AvgIpc) is 2.91. The second kappa shape index (κ2) is 13.3. The maximum Gasteiger partial charge on any atom is 0.328 e. The number of morpholine rings is 1. The topological polar surface area (TPSA) is 55.8 Å². The first kappa shape index (κ1) is 28.9. The number of hydrogen-bond donors (Lipinski definition) is 0. The lowest BCUT2D eigenvalue weighted by Crippen LogP contribution is -2.57. The molecule has 4 rings (SSSR count). The van der Waals surface area contributed by atoms with Crippen LogP contribution in [0.1, 0.15) is 55.5 Å². The molecule has 1 heterocycles. The van der Waals surface area contributed by atoms with Crippen LogP contribution in [-0.4, -0.2) is 35.5 Å². The fourth-order valence-electron chi connectivity index (χ4n) is 4.87. The van der Waals surface area contributed by atoms with Gasteiger partial charge >= 0.3 is 5.97 Å². The van der Waals surface area contributed by atoms with Gasteiger partial charge < -0.3 is 14.4 Å². The predicted molar refractivity (Wildman–Crippen MR) is 158 cm³/mol. The van der Waals surface area contributed by atoms with E-state index < -0.39 is 30.3 Å². The van der Waals surface area contributed by atoms with E-state index in [1.54, 1.807) is 24.0 Å². The molecule has 0 saturated carbocycles. The zero-order chi connectivity index (χ0) is 27.2. The molecule has 200 valence electrons. The van der Waals surface area contributed by atoms with Crippen molar-refractivity contribution in [1.82, 2.24) is 4.90 Å². The molecule has 3 aromatic carbocycles. The second-order valence-electron chi connectivity index (χ2n) is 9.23. The van der Waals surface area contributed by atoms with Crippen LogP contribution in [-0.2, 0) is 25.5 Å². The van der Waals surface area contributed by atoms with Crippen molar-refractivity contribution in [3.63, 3.8) is 0 Å². The Kier molecular flexibility index (Phi) is 10.1. The van der Waals surface area contributed by atoms with Crippen LogP contribution in [0.5, 0.6) is 0 Å². The fraction of sp³-hybridized carbons (Fsp3) is 0.333. The van der Waals surface area contributed by atoms with E-state index in [0.717, 1.165) is 20.3 Å². The summed E-state index contributed by atoms with van der Waals surface area (Å²) in [4.78, 5) is 29.3. The molecular formula is C30H30Cl2INO4. The van der Waals surface area contributed by atoms with Gasteiger partial charge in [0.2, 0.25) is 0 Å². The van der Waals surface area contributed by atoms with Crippen molar-refractivity contribution in [3.05, 3.63) is 103 Å². The Morgan fingerprint density at radius 2 is 1.53 bits per heavy atom. The van der Waals surface area contributed by atoms with Crippen molar-refractivity contribution in [1.29, 1.82) is 0 Å². The summed E-state index contributed by atoms with van der Waals surface area (Å²) in [5, 5.41) is 1.19. The van der Waals surface area contributed by atoms with Crippen LogP contribution in [0.25, 0.3) is 0 Å². The van der Waals surface area contributed by atoms with Gasteiger partial charge in [-0.15, -0.1) is 0 Å². The van der Waals surface area contributed by atoms with Crippen molar-refractivity contribution >= 4 is 57.7 Å². The molecule has 4 atom stereocenters. The summed E-state index contributed by atoms with van der Waals surface area (Å²) >= 11 is 14.7. The summed E-state index contributed by atoms with van der Waals surface area (Å²) in [6.07, 6.45) is 0.222. The number of nitrogens with zero attached hydrogens (tertiary/aromatic N) is 1. The van der Waals surface area contributed by atoms with Crippen LogP contribution in [0.15, 0.2) is 72.8 Å². The molecule has 0 aliphatic carbocycles. The lowest BCUT2D eigenvalue weighted by molar-refractivity contribution is -0.186. The summed E-state index contributed by atoms with van der Waals surface area (Å²) in [7, 11) is 0. The number of amides is 1. The molecule has 8 heteroatoms. The minimum atomic E-state index is -0.784. The van der Waals surface area contributed by atoms with Gasteiger partial charge in [0.1, 0.15) is 18.2 Å². The summed E-state index contributed by atoms with van der Waals surface area (Å²) in [5.74, 6) is -0.647. The average molecular weight is 666 g/mol. The largest absolute Gasteiger partial charge is 0.464 e. The van der Waals surface area contributed by atoms with Crippen LogP contribution < -0.4 is 0 Å². The maximum atomic E-state index is 14.2. The highest BCUT2D eigenvalue weighted by atomic mass is 127. The highest BCUT2D eigenvalue weighted by Gasteiger charge is 2.48. The Hall–Kier alpha value is -2.13. The minimum absolute atomic E-state index is 0.232. The number of carbonyl (C=O) groups excluding carboxylic acids is 2. The molecule has 0 unspecified atom stereocenters. The molecule has 3 aromatic rings. The van der Waals surface area contributed by atoms with Crippen molar-refractivity contribution in [3.8, 4) is 0 Å². The van der Waals surface area contributed by atoms with Gasteiger partial charge in [0.25, 0.3) is 5.91 Å². The van der Waals surface area contributed by atoms with Gasteiger partial charge in [0.05, 0.1) is 12.6 Å². The summed E-state index contributed by atoms with van der Waals surface area (Å²) in [6.45, 7) is 4.00. The Labute approximate surface area is 247 Å². The molecule has 1 amide bonds. The van der Waals surface area contributed by atoms with Gasteiger partial charge in [0.15, 0.2) is 0 Å².